The molecule has 0 radical (unpaired) electrons. The van der Waals surface area contributed by atoms with E-state index < -0.39 is 35.9 Å². The quantitative estimate of drug-likeness (QED) is 0.308. The van der Waals surface area contributed by atoms with E-state index in [0.29, 0.717) is 6.42 Å². The molecule has 0 amide bonds. The smallest absolute Gasteiger partial charge is 0.305 e. The highest BCUT2D eigenvalue weighted by Crippen LogP contribution is 2.43. The number of carbonyl (C=O) groups excluding carboxylic acids is 1. The van der Waals surface area contributed by atoms with Gasteiger partial charge in [0.1, 0.15) is 24.9 Å². The maximum absolute atomic E-state index is 12.4. The standard InChI is InChI=1S/C25H39N5O6/c1-4-5-6-7-8-9-10-11-12-13-17(31)33-14-16-19-20(36-25(2,3)35-19)23(34-16)30-15-27-18-21(30)28-24(26)29-22(18)32/h15-16,19-20,23H,4-14H2,1-3H3,(H3,26,28,29,32)/t16-,19-,20-,23-/m1/s1. The molecule has 11 nitrogen and oxygen atoms in total. The summed E-state index contributed by atoms with van der Waals surface area (Å²) in [5.41, 5.74) is 5.74. The Kier molecular flexibility index (Phi) is 8.63. The lowest BCUT2D eigenvalue weighted by molar-refractivity contribution is -0.202. The Morgan fingerprint density at radius 2 is 1.78 bits per heavy atom. The van der Waals surface area contributed by atoms with Crippen molar-refractivity contribution in [3.05, 3.63) is 16.7 Å². The van der Waals surface area contributed by atoms with Crippen LogP contribution in [0.3, 0.4) is 0 Å². The number of aromatic nitrogens is 4. The van der Waals surface area contributed by atoms with Crippen molar-refractivity contribution in [2.75, 3.05) is 12.3 Å². The van der Waals surface area contributed by atoms with Crippen molar-refractivity contribution in [1.82, 2.24) is 19.5 Å². The fourth-order valence-electron chi connectivity index (χ4n) is 4.97. The first-order chi connectivity index (χ1) is 17.3. The molecular weight excluding hydrogens is 466 g/mol. The van der Waals surface area contributed by atoms with E-state index in [9.17, 15) is 9.59 Å². The van der Waals surface area contributed by atoms with Crippen molar-refractivity contribution >= 4 is 23.1 Å². The lowest BCUT2D eigenvalue weighted by Gasteiger charge is -2.24. The third-order valence-electron chi connectivity index (χ3n) is 6.74. The van der Waals surface area contributed by atoms with E-state index in [1.54, 1.807) is 4.57 Å². The van der Waals surface area contributed by atoms with E-state index in [2.05, 4.69) is 21.9 Å². The Labute approximate surface area is 211 Å². The van der Waals surface area contributed by atoms with Crippen LogP contribution in [0.15, 0.2) is 11.1 Å². The van der Waals surface area contributed by atoms with Crippen LogP contribution in [0, 0.1) is 0 Å². The van der Waals surface area contributed by atoms with Gasteiger partial charge in [-0.1, -0.05) is 58.3 Å². The molecule has 2 aliphatic heterocycles. The van der Waals surface area contributed by atoms with Crippen molar-refractivity contribution in [2.45, 2.75) is 115 Å². The molecule has 2 aromatic heterocycles. The lowest BCUT2D eigenvalue weighted by atomic mass is 10.1. The maximum Gasteiger partial charge on any atom is 0.305 e. The van der Waals surface area contributed by atoms with Gasteiger partial charge in [0.15, 0.2) is 23.2 Å². The van der Waals surface area contributed by atoms with E-state index in [0.717, 1.165) is 19.3 Å². The summed E-state index contributed by atoms with van der Waals surface area (Å²) in [6.45, 7) is 5.92. The van der Waals surface area contributed by atoms with Crippen LogP contribution in [0.2, 0.25) is 0 Å². The monoisotopic (exact) mass is 505 g/mol. The lowest BCUT2D eigenvalue weighted by Crippen LogP contribution is -2.33. The predicted molar refractivity (Wildman–Crippen MR) is 133 cm³/mol. The van der Waals surface area contributed by atoms with Gasteiger partial charge in [0, 0.05) is 6.42 Å². The number of aromatic amines is 1. The summed E-state index contributed by atoms with van der Waals surface area (Å²) in [5, 5.41) is 0. The van der Waals surface area contributed by atoms with Crippen LogP contribution in [0.25, 0.3) is 11.2 Å². The highest BCUT2D eigenvalue weighted by molar-refractivity contribution is 5.70. The van der Waals surface area contributed by atoms with Crippen LogP contribution in [0.5, 0.6) is 0 Å². The maximum atomic E-state index is 12.4. The van der Waals surface area contributed by atoms with E-state index in [1.165, 1.54) is 44.9 Å². The molecule has 4 heterocycles. The molecule has 0 bridgehead atoms. The van der Waals surface area contributed by atoms with Gasteiger partial charge in [-0.05, 0) is 20.3 Å². The van der Waals surface area contributed by atoms with Gasteiger partial charge in [-0.2, -0.15) is 4.98 Å². The van der Waals surface area contributed by atoms with E-state index in [-0.39, 0.29) is 29.7 Å². The number of hydrogen-bond acceptors (Lipinski definition) is 9. The number of H-pyrrole nitrogens is 1. The first-order valence-electron chi connectivity index (χ1n) is 13.2. The number of nitrogens with one attached hydrogen (secondary N) is 1. The second-order valence-electron chi connectivity index (χ2n) is 10.2. The summed E-state index contributed by atoms with van der Waals surface area (Å²) >= 11 is 0. The van der Waals surface area contributed by atoms with Gasteiger partial charge in [0.25, 0.3) is 5.56 Å². The van der Waals surface area contributed by atoms with Crippen molar-refractivity contribution in [1.29, 1.82) is 0 Å². The minimum Gasteiger partial charge on any atom is -0.463 e. The number of esters is 1. The minimum absolute atomic E-state index is 0.0188. The van der Waals surface area contributed by atoms with E-state index >= 15 is 0 Å². The zero-order valence-electron chi connectivity index (χ0n) is 21.5. The highest BCUT2D eigenvalue weighted by Gasteiger charge is 2.56. The highest BCUT2D eigenvalue weighted by atomic mass is 16.8. The second-order valence-corrected chi connectivity index (χ2v) is 10.2. The third kappa shape index (κ3) is 6.24. The number of nitrogens with two attached hydrogens (primary N) is 1. The van der Waals surface area contributed by atoms with E-state index in [1.807, 2.05) is 13.8 Å². The first-order valence-corrected chi connectivity index (χ1v) is 13.2. The number of nitrogens with zero attached hydrogens (tertiary/aromatic N) is 3. The zero-order chi connectivity index (χ0) is 25.7. The minimum atomic E-state index is -0.837. The molecule has 200 valence electrons. The molecule has 0 saturated carbocycles. The van der Waals surface area contributed by atoms with Crippen LogP contribution in [-0.2, 0) is 23.7 Å². The average molecular weight is 506 g/mol. The molecule has 2 aliphatic rings. The number of imidazole rings is 1. The Hall–Kier alpha value is -2.50. The van der Waals surface area contributed by atoms with Gasteiger partial charge < -0.3 is 24.7 Å². The summed E-state index contributed by atoms with van der Waals surface area (Å²) in [6.07, 6.45) is 10.4. The third-order valence-corrected chi connectivity index (χ3v) is 6.74. The van der Waals surface area contributed by atoms with Gasteiger partial charge in [0.2, 0.25) is 5.95 Å². The molecule has 3 N–H and O–H groups in total. The molecular formula is C25H39N5O6. The summed E-state index contributed by atoms with van der Waals surface area (Å²) in [5.74, 6) is -1.10. The van der Waals surface area contributed by atoms with Gasteiger partial charge in [-0.3, -0.25) is 19.1 Å². The number of carbonyl (C=O) groups is 1. The number of nitrogen functional groups attached to an aromatic ring is 1. The molecule has 0 aliphatic carbocycles. The average Bonchev–Trinajstić information content (AvgIpc) is 3.47. The fourth-order valence-corrected chi connectivity index (χ4v) is 4.97. The van der Waals surface area contributed by atoms with Crippen molar-refractivity contribution in [3.8, 4) is 0 Å². The molecule has 36 heavy (non-hydrogen) atoms. The second kappa shape index (κ2) is 11.7. The van der Waals surface area contributed by atoms with Crippen LogP contribution < -0.4 is 11.3 Å². The molecule has 2 aromatic rings. The fraction of sp³-hybridized carbons (Fsp3) is 0.760. The topological polar surface area (TPSA) is 144 Å². The van der Waals surface area contributed by atoms with Crippen LogP contribution >= 0.6 is 0 Å². The van der Waals surface area contributed by atoms with Gasteiger partial charge >= 0.3 is 5.97 Å². The summed E-state index contributed by atoms with van der Waals surface area (Å²) in [7, 11) is 0. The van der Waals surface area contributed by atoms with Crippen LogP contribution in [0.1, 0.15) is 91.2 Å². The Morgan fingerprint density at radius 1 is 1.11 bits per heavy atom. The summed E-state index contributed by atoms with van der Waals surface area (Å²) in [6, 6.07) is 0. The van der Waals surface area contributed by atoms with Crippen LogP contribution in [-0.4, -0.2) is 56.2 Å². The normalized spacial score (nSPS) is 24.9. The molecule has 11 heteroatoms. The number of anilines is 1. The molecule has 2 fully saturated rings. The van der Waals surface area contributed by atoms with Gasteiger partial charge in [-0.15, -0.1) is 0 Å². The number of rotatable bonds is 13. The number of fused-ring (bicyclic) bond motifs is 2. The number of ether oxygens (including phenoxy) is 4. The zero-order valence-corrected chi connectivity index (χ0v) is 21.5. The van der Waals surface area contributed by atoms with Crippen molar-refractivity contribution in [3.63, 3.8) is 0 Å². The van der Waals surface area contributed by atoms with Crippen molar-refractivity contribution in [2.24, 2.45) is 0 Å². The molecule has 4 atom stereocenters. The predicted octanol–water partition coefficient (Wildman–Crippen LogP) is 3.58. The van der Waals surface area contributed by atoms with Gasteiger partial charge in [-0.25, -0.2) is 4.98 Å². The Bertz CT molecular complexity index is 1080. The summed E-state index contributed by atoms with van der Waals surface area (Å²) < 4.78 is 25.6. The molecule has 4 rings (SSSR count). The molecule has 2 saturated heterocycles. The first kappa shape index (κ1) is 26.6. The number of hydrogen-bond donors (Lipinski definition) is 2. The largest absolute Gasteiger partial charge is 0.463 e. The molecule has 0 spiro atoms. The van der Waals surface area contributed by atoms with E-state index in [4.69, 9.17) is 24.7 Å². The molecule has 0 unspecified atom stereocenters. The SMILES string of the molecule is CCCCCCCCCCCC(=O)OC[C@H]1O[C@@H](n2cnc3c(=O)[nH]c(N)nc32)[C@@H]2OC(C)(C)O[C@@H]21. The van der Waals surface area contributed by atoms with Crippen molar-refractivity contribution < 1.29 is 23.7 Å². The van der Waals surface area contributed by atoms with Crippen LogP contribution in [0.4, 0.5) is 5.95 Å². The Balaban J connectivity index is 1.29. The molecule has 0 aromatic carbocycles. The number of unbranched alkanes of at least 4 members (excludes halogenated alkanes) is 8. The van der Waals surface area contributed by atoms with Gasteiger partial charge in [0.05, 0.1) is 6.33 Å². The summed E-state index contributed by atoms with van der Waals surface area (Å²) in [4.78, 5) is 35.4. The Morgan fingerprint density at radius 3 is 2.50 bits per heavy atom.